The summed E-state index contributed by atoms with van der Waals surface area (Å²) in [5.41, 5.74) is 3.52. The van der Waals surface area contributed by atoms with Crippen LogP contribution in [0.15, 0.2) is 40.9 Å². The largest absolute Gasteiger partial charge is 0.483 e. The van der Waals surface area contributed by atoms with Crippen molar-refractivity contribution >= 4 is 39.1 Å². The lowest BCUT2D eigenvalue weighted by Crippen LogP contribution is -2.21. The molecular formula is C23H27BrN2O3. The number of benzene rings is 2. The number of hydrogen-bond donors (Lipinski definition) is 2. The summed E-state index contributed by atoms with van der Waals surface area (Å²) in [4.78, 5) is 24.3. The fourth-order valence-corrected chi connectivity index (χ4v) is 3.33. The highest BCUT2D eigenvalue weighted by Gasteiger charge is 2.29. The minimum Gasteiger partial charge on any atom is -0.483 e. The average molecular weight is 459 g/mol. The van der Waals surface area contributed by atoms with Crippen molar-refractivity contribution < 1.29 is 14.3 Å². The molecule has 29 heavy (non-hydrogen) atoms. The second-order valence-electron chi connectivity index (χ2n) is 8.53. The minimum absolute atomic E-state index is 0.0382. The number of amides is 2. The van der Waals surface area contributed by atoms with Gasteiger partial charge in [-0.1, -0.05) is 32.9 Å². The quantitative estimate of drug-likeness (QED) is 0.606. The number of carbonyl (C=O) groups is 2. The second kappa shape index (κ2) is 8.57. The third-order valence-corrected chi connectivity index (χ3v) is 5.50. The van der Waals surface area contributed by atoms with Crippen molar-refractivity contribution in [2.45, 2.75) is 46.0 Å². The Morgan fingerprint density at radius 3 is 2.45 bits per heavy atom. The highest BCUT2D eigenvalue weighted by atomic mass is 79.9. The van der Waals surface area contributed by atoms with E-state index in [0.29, 0.717) is 11.4 Å². The van der Waals surface area contributed by atoms with E-state index in [0.717, 1.165) is 28.6 Å². The van der Waals surface area contributed by atoms with Crippen LogP contribution in [0.1, 0.15) is 44.7 Å². The maximum Gasteiger partial charge on any atom is 0.262 e. The first-order valence-corrected chi connectivity index (χ1v) is 10.6. The van der Waals surface area contributed by atoms with Crippen LogP contribution in [0.3, 0.4) is 0 Å². The van der Waals surface area contributed by atoms with Crippen LogP contribution in [-0.2, 0) is 15.0 Å². The van der Waals surface area contributed by atoms with Crippen LogP contribution in [0, 0.1) is 12.8 Å². The Morgan fingerprint density at radius 2 is 1.83 bits per heavy atom. The Hall–Kier alpha value is -2.34. The van der Waals surface area contributed by atoms with Gasteiger partial charge in [-0.2, -0.15) is 0 Å². The van der Waals surface area contributed by atoms with Gasteiger partial charge in [-0.15, -0.1) is 0 Å². The lowest BCUT2D eigenvalue weighted by Gasteiger charge is -2.20. The molecule has 0 atom stereocenters. The molecule has 2 amide bonds. The molecule has 0 aliphatic heterocycles. The first kappa shape index (κ1) is 21.4. The van der Waals surface area contributed by atoms with E-state index in [1.54, 1.807) is 6.07 Å². The Labute approximate surface area is 180 Å². The zero-order valence-electron chi connectivity index (χ0n) is 17.3. The molecule has 0 unspecified atom stereocenters. The number of aryl methyl sites for hydroxylation is 1. The van der Waals surface area contributed by atoms with E-state index in [2.05, 4.69) is 47.3 Å². The maximum atomic E-state index is 12.3. The third-order valence-electron chi connectivity index (χ3n) is 4.88. The van der Waals surface area contributed by atoms with Gasteiger partial charge < -0.3 is 15.4 Å². The predicted molar refractivity (Wildman–Crippen MR) is 119 cm³/mol. The van der Waals surface area contributed by atoms with Crippen molar-refractivity contribution in [3.63, 3.8) is 0 Å². The molecule has 2 aromatic rings. The van der Waals surface area contributed by atoms with Crippen molar-refractivity contribution in [3.05, 3.63) is 52.0 Å². The smallest absolute Gasteiger partial charge is 0.262 e. The van der Waals surface area contributed by atoms with Gasteiger partial charge in [0.15, 0.2) is 6.61 Å². The zero-order valence-corrected chi connectivity index (χ0v) is 18.9. The van der Waals surface area contributed by atoms with Crippen LogP contribution >= 0.6 is 15.9 Å². The molecule has 3 rings (SSSR count). The van der Waals surface area contributed by atoms with E-state index < -0.39 is 0 Å². The van der Waals surface area contributed by atoms with Gasteiger partial charge in [0.25, 0.3) is 5.91 Å². The van der Waals surface area contributed by atoms with Crippen LogP contribution in [-0.4, -0.2) is 18.4 Å². The Kier molecular flexibility index (Phi) is 6.32. The molecule has 0 aromatic heterocycles. The van der Waals surface area contributed by atoms with Crippen LogP contribution in [0.2, 0.25) is 0 Å². The van der Waals surface area contributed by atoms with E-state index in [1.807, 2.05) is 37.3 Å². The molecule has 0 heterocycles. The third kappa shape index (κ3) is 5.82. The molecule has 6 heteroatoms. The Morgan fingerprint density at radius 1 is 1.10 bits per heavy atom. The number of nitrogens with one attached hydrogen (secondary N) is 2. The monoisotopic (exact) mass is 458 g/mol. The minimum atomic E-state index is -0.264. The maximum absolute atomic E-state index is 12.3. The first-order valence-electron chi connectivity index (χ1n) is 9.77. The zero-order chi connectivity index (χ0) is 21.2. The van der Waals surface area contributed by atoms with Crippen molar-refractivity contribution in [2.24, 2.45) is 5.92 Å². The summed E-state index contributed by atoms with van der Waals surface area (Å²) in [6, 6.07) is 11.4. The lowest BCUT2D eigenvalue weighted by atomic mass is 9.87. The van der Waals surface area contributed by atoms with Crippen LogP contribution in [0.25, 0.3) is 0 Å². The molecular weight excluding hydrogens is 432 g/mol. The second-order valence-corrected chi connectivity index (χ2v) is 9.38. The molecule has 1 fully saturated rings. The Balaban J connectivity index is 1.59. The van der Waals surface area contributed by atoms with Gasteiger partial charge in [0, 0.05) is 17.3 Å². The molecule has 1 aliphatic rings. The summed E-state index contributed by atoms with van der Waals surface area (Å²) in [7, 11) is 0. The van der Waals surface area contributed by atoms with Gasteiger partial charge in [-0.05, 0) is 76.5 Å². The highest BCUT2D eigenvalue weighted by molar-refractivity contribution is 9.10. The summed E-state index contributed by atoms with van der Waals surface area (Å²) in [5, 5.41) is 5.76. The SMILES string of the molecule is Cc1ccc(NC(=O)COc2ccc(C(C)(C)C)cc2Br)cc1NC(=O)C1CC1. The number of carbonyl (C=O) groups excluding carboxylic acids is 2. The van der Waals surface area contributed by atoms with E-state index in [1.165, 1.54) is 5.56 Å². The molecule has 2 N–H and O–H groups in total. The Bertz CT molecular complexity index is 930. The van der Waals surface area contributed by atoms with Crippen molar-refractivity contribution in [1.82, 2.24) is 0 Å². The number of hydrogen-bond acceptors (Lipinski definition) is 3. The van der Waals surface area contributed by atoms with Crippen molar-refractivity contribution in [2.75, 3.05) is 17.2 Å². The van der Waals surface area contributed by atoms with Crippen LogP contribution in [0.5, 0.6) is 5.75 Å². The average Bonchev–Trinajstić information content (AvgIpc) is 3.48. The van der Waals surface area contributed by atoms with E-state index in [9.17, 15) is 9.59 Å². The lowest BCUT2D eigenvalue weighted by molar-refractivity contribution is -0.118. The van der Waals surface area contributed by atoms with Crippen molar-refractivity contribution in [3.8, 4) is 5.75 Å². The summed E-state index contributed by atoms with van der Waals surface area (Å²) in [5.74, 6) is 0.530. The van der Waals surface area contributed by atoms with Crippen LogP contribution in [0.4, 0.5) is 11.4 Å². The number of rotatable bonds is 6. The molecule has 0 spiro atoms. The van der Waals surface area contributed by atoms with Gasteiger partial charge in [0.05, 0.1) is 4.47 Å². The van der Waals surface area contributed by atoms with E-state index in [4.69, 9.17) is 4.74 Å². The molecule has 154 valence electrons. The first-order chi connectivity index (χ1) is 13.6. The summed E-state index contributed by atoms with van der Waals surface area (Å²) >= 11 is 3.52. The number of anilines is 2. The van der Waals surface area contributed by atoms with Gasteiger partial charge in [-0.25, -0.2) is 0 Å². The predicted octanol–water partition coefficient (Wildman–Crippen LogP) is 5.42. The van der Waals surface area contributed by atoms with Gasteiger partial charge in [-0.3, -0.25) is 9.59 Å². The fourth-order valence-electron chi connectivity index (χ4n) is 2.84. The summed E-state index contributed by atoms with van der Waals surface area (Å²) in [6.45, 7) is 8.25. The number of halogens is 1. The number of ether oxygens (including phenoxy) is 1. The molecule has 1 aliphatic carbocycles. The molecule has 0 saturated heterocycles. The highest BCUT2D eigenvalue weighted by Crippen LogP contribution is 2.32. The van der Waals surface area contributed by atoms with Crippen LogP contribution < -0.4 is 15.4 Å². The van der Waals surface area contributed by atoms with Gasteiger partial charge >= 0.3 is 0 Å². The molecule has 0 radical (unpaired) electrons. The summed E-state index contributed by atoms with van der Waals surface area (Å²) < 4.78 is 6.49. The topological polar surface area (TPSA) is 67.4 Å². The van der Waals surface area contributed by atoms with E-state index in [-0.39, 0.29) is 29.8 Å². The molecule has 0 bridgehead atoms. The standard InChI is InChI=1S/C23H27BrN2O3/c1-14-5-9-17(12-19(14)26-22(28)15-6-7-15)25-21(27)13-29-20-10-8-16(11-18(20)24)23(2,3)4/h5,8-12,15H,6-7,13H2,1-4H3,(H,25,27)(H,26,28). The molecule has 5 nitrogen and oxygen atoms in total. The molecule has 1 saturated carbocycles. The normalized spacial score (nSPS) is 13.7. The van der Waals surface area contributed by atoms with Gasteiger partial charge in [0.1, 0.15) is 5.75 Å². The van der Waals surface area contributed by atoms with Gasteiger partial charge in [0.2, 0.25) is 5.91 Å². The molecule has 2 aromatic carbocycles. The van der Waals surface area contributed by atoms with Crippen molar-refractivity contribution in [1.29, 1.82) is 0 Å². The summed E-state index contributed by atoms with van der Waals surface area (Å²) in [6.07, 6.45) is 1.90. The van der Waals surface area contributed by atoms with E-state index >= 15 is 0 Å². The fraction of sp³-hybridized carbons (Fsp3) is 0.391.